The topological polar surface area (TPSA) is 14.2 Å². The summed E-state index contributed by atoms with van der Waals surface area (Å²) in [6, 6.07) is 59.0. The van der Waals surface area contributed by atoms with Crippen LogP contribution >= 0.6 is 0 Å². The van der Waals surface area contributed by atoms with Crippen LogP contribution < -0.4 is 4.74 Å². The lowest BCUT2D eigenvalue weighted by atomic mass is 9.90. The summed E-state index contributed by atoms with van der Waals surface area (Å²) in [5, 5.41) is 7.43. The molecule has 46 heavy (non-hydrogen) atoms. The minimum Gasteiger partial charge on any atom is -0.456 e. The van der Waals surface area contributed by atoms with Crippen LogP contribution in [0.1, 0.15) is 0 Å². The van der Waals surface area contributed by atoms with Crippen LogP contribution in [0.4, 0.5) is 0 Å². The minimum absolute atomic E-state index is 0.914. The molecule has 0 fully saturated rings. The van der Waals surface area contributed by atoms with Crippen molar-refractivity contribution in [2.24, 2.45) is 0 Å². The average Bonchev–Trinajstić information content (AvgIpc) is 3.47. The fourth-order valence-electron chi connectivity index (χ4n) is 7.48. The first-order valence-corrected chi connectivity index (χ1v) is 15.8. The molecule has 1 aromatic heterocycles. The lowest BCUT2D eigenvalue weighted by Gasteiger charge is -2.22. The maximum Gasteiger partial charge on any atom is 0.135 e. The van der Waals surface area contributed by atoms with Crippen molar-refractivity contribution in [1.29, 1.82) is 0 Å². The van der Waals surface area contributed by atoms with Gasteiger partial charge in [0.25, 0.3) is 0 Å². The highest BCUT2D eigenvalue weighted by molar-refractivity contribution is 6.19. The number of rotatable bonds is 3. The molecule has 0 amide bonds. The molecule has 0 saturated carbocycles. The van der Waals surface area contributed by atoms with Crippen molar-refractivity contribution in [3.63, 3.8) is 0 Å². The molecule has 0 aliphatic carbocycles. The third kappa shape index (κ3) is 3.65. The Morgan fingerprint density at radius 3 is 2.04 bits per heavy atom. The van der Waals surface area contributed by atoms with Gasteiger partial charge in [-0.25, -0.2) is 0 Å². The van der Waals surface area contributed by atoms with Crippen LogP contribution in [0.2, 0.25) is 0 Å². The molecule has 0 atom stereocenters. The highest BCUT2D eigenvalue weighted by Crippen LogP contribution is 2.48. The van der Waals surface area contributed by atoms with Gasteiger partial charge >= 0.3 is 0 Å². The second-order valence-electron chi connectivity index (χ2n) is 12.1. The number of ether oxygens (including phenoxy) is 1. The Bertz CT molecular complexity index is 2650. The Kier molecular flexibility index (Phi) is 5.31. The molecule has 0 bridgehead atoms. The van der Waals surface area contributed by atoms with Gasteiger partial charge in [-0.3, -0.25) is 0 Å². The van der Waals surface area contributed by atoms with Crippen molar-refractivity contribution in [2.45, 2.75) is 0 Å². The Hall–Kier alpha value is -6.12. The lowest BCUT2D eigenvalue weighted by Crippen LogP contribution is -1.97. The molecule has 0 N–H and O–H groups in total. The first-order valence-electron chi connectivity index (χ1n) is 15.8. The highest BCUT2D eigenvalue weighted by atomic mass is 16.5. The fraction of sp³-hybridized carbons (Fsp3) is 0. The molecule has 10 rings (SSSR count). The number of para-hydroxylation sites is 2. The van der Waals surface area contributed by atoms with Gasteiger partial charge in [-0.15, -0.1) is 0 Å². The van der Waals surface area contributed by atoms with Gasteiger partial charge in [0.15, 0.2) is 0 Å². The fourth-order valence-corrected chi connectivity index (χ4v) is 7.48. The summed E-state index contributed by atoms with van der Waals surface area (Å²) in [4.78, 5) is 0. The normalized spacial score (nSPS) is 12.1. The van der Waals surface area contributed by atoms with Crippen LogP contribution in [-0.4, -0.2) is 4.57 Å². The van der Waals surface area contributed by atoms with E-state index in [4.69, 9.17) is 4.74 Å². The van der Waals surface area contributed by atoms with Gasteiger partial charge in [0.2, 0.25) is 0 Å². The zero-order valence-electron chi connectivity index (χ0n) is 24.9. The molecule has 2 nitrogen and oxygen atoms in total. The molecule has 214 valence electrons. The third-order valence-electron chi connectivity index (χ3n) is 9.60. The molecule has 9 aromatic rings. The monoisotopic (exact) mass is 585 g/mol. The molecule has 0 spiro atoms. The van der Waals surface area contributed by atoms with Crippen LogP contribution in [0.15, 0.2) is 164 Å². The minimum atomic E-state index is 0.914. The second-order valence-corrected chi connectivity index (χ2v) is 12.1. The van der Waals surface area contributed by atoms with Gasteiger partial charge in [-0.1, -0.05) is 127 Å². The van der Waals surface area contributed by atoms with Crippen molar-refractivity contribution in [1.82, 2.24) is 4.57 Å². The summed E-state index contributed by atoms with van der Waals surface area (Å²) in [5.41, 5.74) is 10.8. The Morgan fingerprint density at radius 1 is 0.391 bits per heavy atom. The smallest absolute Gasteiger partial charge is 0.135 e. The van der Waals surface area contributed by atoms with E-state index in [1.165, 1.54) is 76.9 Å². The van der Waals surface area contributed by atoms with E-state index in [1.807, 2.05) is 12.1 Å². The molecular weight excluding hydrogens is 558 g/mol. The Labute approximate surface area is 266 Å². The molecule has 2 heterocycles. The van der Waals surface area contributed by atoms with Crippen molar-refractivity contribution in [3.05, 3.63) is 164 Å². The Morgan fingerprint density at radius 2 is 1.13 bits per heavy atom. The van der Waals surface area contributed by atoms with Gasteiger partial charge in [0, 0.05) is 32.8 Å². The van der Waals surface area contributed by atoms with Gasteiger partial charge < -0.3 is 9.30 Å². The van der Waals surface area contributed by atoms with Crippen molar-refractivity contribution in [2.75, 3.05) is 0 Å². The quantitative estimate of drug-likeness (QED) is 0.201. The van der Waals surface area contributed by atoms with Gasteiger partial charge in [0.1, 0.15) is 11.5 Å². The van der Waals surface area contributed by atoms with E-state index in [-0.39, 0.29) is 0 Å². The van der Waals surface area contributed by atoms with Gasteiger partial charge in [0.05, 0.1) is 11.0 Å². The van der Waals surface area contributed by atoms with E-state index in [0.29, 0.717) is 0 Å². The SMILES string of the molecule is c1ccc(-n2c3ccc(-c4ccc(-c5ccc6c7c(cccc57)-c5ccccc5O6)cc4)cc3c3ccc4ccccc4c32)cc1. The highest BCUT2D eigenvalue weighted by Gasteiger charge is 2.21. The molecule has 2 heteroatoms. The molecule has 8 aromatic carbocycles. The maximum absolute atomic E-state index is 6.33. The van der Waals surface area contributed by atoms with E-state index >= 15 is 0 Å². The van der Waals surface area contributed by atoms with Crippen LogP contribution in [0.3, 0.4) is 0 Å². The molecule has 1 aliphatic rings. The van der Waals surface area contributed by atoms with Crippen molar-refractivity contribution in [3.8, 4) is 50.6 Å². The summed E-state index contributed by atoms with van der Waals surface area (Å²) in [6.45, 7) is 0. The number of aromatic nitrogens is 1. The van der Waals surface area contributed by atoms with Crippen molar-refractivity contribution < 1.29 is 4.74 Å². The summed E-state index contributed by atoms with van der Waals surface area (Å²) in [7, 11) is 0. The lowest BCUT2D eigenvalue weighted by molar-refractivity contribution is 0.487. The molecule has 0 saturated heterocycles. The number of nitrogens with zero attached hydrogens (tertiary/aromatic N) is 1. The molecular formula is C44H27NO. The molecule has 0 radical (unpaired) electrons. The summed E-state index contributed by atoms with van der Waals surface area (Å²) < 4.78 is 8.75. The predicted molar refractivity (Wildman–Crippen MR) is 192 cm³/mol. The average molecular weight is 586 g/mol. The zero-order valence-corrected chi connectivity index (χ0v) is 24.9. The Balaban J connectivity index is 1.11. The summed E-state index contributed by atoms with van der Waals surface area (Å²) >= 11 is 0. The standard InChI is InChI=1S/C44H27NO/c1-2-10-32(11-3-1)45-40-25-22-31(27-39(40)38-23-21-29-9-4-5-12-34(29)44(38)45)28-17-19-30(20-18-28)33-24-26-42-43-36(33)14-8-15-37(43)35-13-6-7-16-41(35)46-42/h1-27H. The second kappa shape index (κ2) is 9.69. The summed E-state index contributed by atoms with van der Waals surface area (Å²) in [5.74, 6) is 1.83. The van der Waals surface area contributed by atoms with E-state index in [0.717, 1.165) is 17.1 Å². The molecule has 0 unspecified atom stereocenters. The first kappa shape index (κ1) is 25.2. The van der Waals surface area contributed by atoms with Crippen molar-refractivity contribution >= 4 is 43.4 Å². The van der Waals surface area contributed by atoms with E-state index in [9.17, 15) is 0 Å². The number of benzene rings is 8. The number of hydrogen-bond donors (Lipinski definition) is 0. The number of hydrogen-bond acceptors (Lipinski definition) is 1. The zero-order chi connectivity index (χ0) is 30.2. The van der Waals surface area contributed by atoms with Crippen LogP contribution in [0.25, 0.3) is 82.4 Å². The molecule has 1 aliphatic heterocycles. The van der Waals surface area contributed by atoms with E-state index in [1.54, 1.807) is 0 Å². The van der Waals surface area contributed by atoms with Crippen LogP contribution in [0.5, 0.6) is 11.5 Å². The van der Waals surface area contributed by atoms with Gasteiger partial charge in [-0.2, -0.15) is 0 Å². The first-order chi connectivity index (χ1) is 22.8. The number of fused-ring (bicyclic) bond motifs is 7. The van der Waals surface area contributed by atoms with E-state index in [2.05, 4.69) is 156 Å². The largest absolute Gasteiger partial charge is 0.456 e. The van der Waals surface area contributed by atoms with Crippen LogP contribution in [0, 0.1) is 0 Å². The summed E-state index contributed by atoms with van der Waals surface area (Å²) in [6.07, 6.45) is 0. The predicted octanol–water partition coefficient (Wildman–Crippen LogP) is 12.2. The third-order valence-corrected chi connectivity index (χ3v) is 9.60. The van der Waals surface area contributed by atoms with Gasteiger partial charge in [-0.05, 0) is 75.0 Å². The van der Waals surface area contributed by atoms with Crippen LogP contribution in [-0.2, 0) is 0 Å². The van der Waals surface area contributed by atoms with E-state index < -0.39 is 0 Å². The maximum atomic E-state index is 6.33.